The van der Waals surface area contributed by atoms with Crippen molar-refractivity contribution in [3.05, 3.63) is 95.3 Å². The lowest BCUT2D eigenvalue weighted by molar-refractivity contribution is -0.117. The number of hydrogen-bond donors (Lipinski definition) is 2. The Morgan fingerprint density at radius 1 is 0.885 bits per heavy atom. The van der Waals surface area contributed by atoms with Gasteiger partial charge in [-0.25, -0.2) is 0 Å². The zero-order valence-corrected chi connectivity index (χ0v) is 14.5. The number of hydrazine groups is 1. The summed E-state index contributed by atoms with van der Waals surface area (Å²) in [5.41, 5.74) is 6.66. The zero-order valence-electron chi connectivity index (χ0n) is 13.7. The molecular weight excluding hydrogens is 350 g/mol. The van der Waals surface area contributed by atoms with Crippen LogP contribution in [0.15, 0.2) is 79.1 Å². The molecule has 0 spiro atoms. The Morgan fingerprint density at radius 2 is 1.58 bits per heavy atom. The quantitative estimate of drug-likeness (QED) is 0.548. The first kappa shape index (κ1) is 17.5. The number of carbonyl (C=O) groups is 2. The second-order valence-corrected chi connectivity index (χ2v) is 5.81. The van der Waals surface area contributed by atoms with Gasteiger partial charge in [-0.15, -0.1) is 0 Å². The van der Waals surface area contributed by atoms with Crippen LogP contribution in [0.5, 0.6) is 0 Å². The summed E-state index contributed by atoms with van der Waals surface area (Å²) >= 11 is 6.03. The van der Waals surface area contributed by atoms with Gasteiger partial charge in [0.1, 0.15) is 0 Å². The molecule has 1 aromatic heterocycles. The van der Waals surface area contributed by atoms with E-state index in [0.29, 0.717) is 16.1 Å². The fourth-order valence-corrected chi connectivity index (χ4v) is 2.59. The van der Waals surface area contributed by atoms with Crippen LogP contribution in [0.25, 0.3) is 11.8 Å². The summed E-state index contributed by atoms with van der Waals surface area (Å²) < 4.78 is 1.83. The Morgan fingerprint density at radius 3 is 2.35 bits per heavy atom. The topological polar surface area (TPSA) is 63.1 Å². The molecule has 0 aliphatic heterocycles. The van der Waals surface area contributed by atoms with Crippen molar-refractivity contribution in [3.8, 4) is 5.69 Å². The number of hydrogen-bond acceptors (Lipinski definition) is 2. The van der Waals surface area contributed by atoms with Crippen LogP contribution in [-0.2, 0) is 4.79 Å². The van der Waals surface area contributed by atoms with Gasteiger partial charge in [0.15, 0.2) is 0 Å². The first-order valence-electron chi connectivity index (χ1n) is 7.90. The van der Waals surface area contributed by atoms with Crippen molar-refractivity contribution in [2.45, 2.75) is 0 Å². The lowest BCUT2D eigenvalue weighted by Crippen LogP contribution is -2.41. The third kappa shape index (κ3) is 4.20. The van der Waals surface area contributed by atoms with Gasteiger partial charge in [0, 0.05) is 23.5 Å². The Balaban J connectivity index is 1.65. The molecular formula is C20H16ClN3O2. The zero-order chi connectivity index (χ0) is 18.4. The average molecular weight is 366 g/mol. The molecule has 3 rings (SSSR count). The lowest BCUT2D eigenvalue weighted by Gasteiger charge is -2.11. The summed E-state index contributed by atoms with van der Waals surface area (Å²) in [5.74, 6) is -0.870. The molecule has 26 heavy (non-hydrogen) atoms. The Kier molecular flexibility index (Phi) is 5.51. The molecule has 0 aliphatic rings. The SMILES string of the molecule is O=C(/C=C/c1ccccc1Cl)NNC(=O)c1ccccc1-n1cccc1. The van der Waals surface area contributed by atoms with Crippen molar-refractivity contribution >= 4 is 29.5 Å². The number of nitrogens with zero attached hydrogens (tertiary/aromatic N) is 1. The number of benzene rings is 2. The highest BCUT2D eigenvalue weighted by atomic mass is 35.5. The highest BCUT2D eigenvalue weighted by molar-refractivity contribution is 6.32. The molecule has 0 bridgehead atoms. The molecule has 2 amide bonds. The summed E-state index contributed by atoms with van der Waals surface area (Å²) in [7, 11) is 0. The molecule has 5 nitrogen and oxygen atoms in total. The number of carbonyl (C=O) groups excluding carboxylic acids is 2. The molecule has 2 N–H and O–H groups in total. The van der Waals surface area contributed by atoms with Crippen molar-refractivity contribution in [2.24, 2.45) is 0 Å². The predicted octanol–water partition coefficient (Wildman–Crippen LogP) is 3.61. The average Bonchev–Trinajstić information content (AvgIpc) is 3.20. The molecule has 0 unspecified atom stereocenters. The minimum Gasteiger partial charge on any atom is -0.323 e. The van der Waals surface area contributed by atoms with E-state index in [0.717, 1.165) is 5.69 Å². The monoisotopic (exact) mass is 365 g/mol. The van der Waals surface area contributed by atoms with E-state index in [2.05, 4.69) is 10.9 Å². The third-order valence-corrected chi connectivity index (χ3v) is 3.99. The van der Waals surface area contributed by atoms with E-state index in [-0.39, 0.29) is 0 Å². The molecule has 0 aliphatic carbocycles. The molecule has 1 heterocycles. The summed E-state index contributed by atoms with van der Waals surface area (Å²) in [6.45, 7) is 0. The highest BCUT2D eigenvalue weighted by Crippen LogP contribution is 2.16. The lowest BCUT2D eigenvalue weighted by atomic mass is 10.1. The maximum absolute atomic E-state index is 12.4. The van der Waals surface area contributed by atoms with E-state index < -0.39 is 11.8 Å². The molecule has 6 heteroatoms. The number of nitrogens with one attached hydrogen (secondary N) is 2. The standard InChI is InChI=1S/C20H16ClN3O2/c21-17-9-3-1-7-15(17)11-12-19(25)22-23-20(26)16-8-2-4-10-18(16)24-13-5-6-14-24/h1-14H,(H,22,25)(H,23,26)/b12-11+. The fourth-order valence-electron chi connectivity index (χ4n) is 2.39. The van der Waals surface area contributed by atoms with Gasteiger partial charge in [0.05, 0.1) is 11.3 Å². The van der Waals surface area contributed by atoms with Crippen LogP contribution in [0.4, 0.5) is 0 Å². The van der Waals surface area contributed by atoms with Gasteiger partial charge in [-0.3, -0.25) is 20.4 Å². The van der Waals surface area contributed by atoms with Crippen molar-refractivity contribution in [2.75, 3.05) is 0 Å². The van der Waals surface area contributed by atoms with E-state index >= 15 is 0 Å². The predicted molar refractivity (Wildman–Crippen MR) is 102 cm³/mol. The Hall–Kier alpha value is -3.31. The van der Waals surface area contributed by atoms with Crippen molar-refractivity contribution < 1.29 is 9.59 Å². The third-order valence-electron chi connectivity index (χ3n) is 3.65. The molecule has 130 valence electrons. The number of aromatic nitrogens is 1. The van der Waals surface area contributed by atoms with Crippen LogP contribution in [0.1, 0.15) is 15.9 Å². The van der Waals surface area contributed by atoms with Crippen LogP contribution in [0.3, 0.4) is 0 Å². The number of amides is 2. The van der Waals surface area contributed by atoms with E-state index in [4.69, 9.17) is 11.6 Å². The Labute approximate surface area is 155 Å². The van der Waals surface area contributed by atoms with Gasteiger partial charge in [-0.2, -0.15) is 0 Å². The van der Waals surface area contributed by atoms with Gasteiger partial charge < -0.3 is 4.57 Å². The van der Waals surface area contributed by atoms with Crippen molar-refractivity contribution in [3.63, 3.8) is 0 Å². The van der Waals surface area contributed by atoms with Crippen LogP contribution in [0.2, 0.25) is 5.02 Å². The number of rotatable bonds is 4. The van der Waals surface area contributed by atoms with Gasteiger partial charge in [-0.05, 0) is 42.0 Å². The normalized spacial score (nSPS) is 10.7. The van der Waals surface area contributed by atoms with E-state index in [1.807, 2.05) is 53.4 Å². The van der Waals surface area contributed by atoms with Gasteiger partial charge in [-0.1, -0.05) is 41.9 Å². The van der Waals surface area contributed by atoms with E-state index in [1.54, 1.807) is 30.3 Å². The molecule has 3 aromatic rings. The first-order valence-corrected chi connectivity index (χ1v) is 8.28. The number of para-hydroxylation sites is 1. The van der Waals surface area contributed by atoms with Gasteiger partial charge in [0.25, 0.3) is 11.8 Å². The molecule has 0 saturated heterocycles. The second-order valence-electron chi connectivity index (χ2n) is 5.41. The highest BCUT2D eigenvalue weighted by Gasteiger charge is 2.12. The molecule has 0 atom stereocenters. The van der Waals surface area contributed by atoms with E-state index in [9.17, 15) is 9.59 Å². The van der Waals surface area contributed by atoms with Crippen LogP contribution in [0, 0.1) is 0 Å². The molecule has 0 fully saturated rings. The molecule has 2 aromatic carbocycles. The summed E-state index contributed by atoms with van der Waals surface area (Å²) in [4.78, 5) is 24.3. The smallest absolute Gasteiger partial charge is 0.271 e. The van der Waals surface area contributed by atoms with Crippen LogP contribution < -0.4 is 10.9 Å². The van der Waals surface area contributed by atoms with E-state index in [1.165, 1.54) is 6.08 Å². The van der Waals surface area contributed by atoms with Crippen molar-refractivity contribution in [1.82, 2.24) is 15.4 Å². The van der Waals surface area contributed by atoms with Crippen LogP contribution in [-0.4, -0.2) is 16.4 Å². The minimum atomic E-state index is -0.461. The summed E-state index contributed by atoms with van der Waals surface area (Å²) in [5, 5.41) is 0.543. The first-order chi connectivity index (χ1) is 12.6. The minimum absolute atomic E-state index is 0.409. The Bertz CT molecular complexity index is 949. The summed E-state index contributed by atoms with van der Waals surface area (Å²) in [6.07, 6.45) is 6.57. The fraction of sp³-hybridized carbons (Fsp3) is 0. The molecule has 0 saturated carbocycles. The summed E-state index contributed by atoms with van der Waals surface area (Å²) in [6, 6.07) is 18.0. The second kappa shape index (κ2) is 8.18. The van der Waals surface area contributed by atoms with Crippen LogP contribution >= 0.6 is 11.6 Å². The number of halogens is 1. The van der Waals surface area contributed by atoms with Gasteiger partial charge >= 0.3 is 0 Å². The molecule has 0 radical (unpaired) electrons. The maximum atomic E-state index is 12.4. The van der Waals surface area contributed by atoms with Gasteiger partial charge in [0.2, 0.25) is 0 Å². The largest absolute Gasteiger partial charge is 0.323 e. The van der Waals surface area contributed by atoms with Crippen molar-refractivity contribution in [1.29, 1.82) is 0 Å². The maximum Gasteiger partial charge on any atom is 0.271 e.